The number of aliphatic hydroxyl groups is 1. The molecule has 4 N–H and O–H groups in total. The van der Waals surface area contributed by atoms with E-state index in [-0.39, 0.29) is 55.0 Å². The van der Waals surface area contributed by atoms with Crippen LogP contribution >= 0.6 is 0 Å². The number of fused-ring (bicyclic) bond motifs is 5. The second kappa shape index (κ2) is 15.3. The van der Waals surface area contributed by atoms with Crippen molar-refractivity contribution in [1.29, 1.82) is 0 Å². The highest BCUT2D eigenvalue weighted by molar-refractivity contribution is 5.77. The highest BCUT2D eigenvalue weighted by Crippen LogP contribution is 2.44. The van der Waals surface area contributed by atoms with E-state index < -0.39 is 66.6 Å². The van der Waals surface area contributed by atoms with Crippen LogP contribution in [0.5, 0.6) is 0 Å². The molecule has 286 valence electrons. The average Bonchev–Trinajstić information content (AvgIpc) is 3.04. The summed E-state index contributed by atoms with van der Waals surface area (Å²) in [5.41, 5.74) is -0.621. The Bertz CT molecular complexity index is 1200. The topological polar surface area (TPSA) is 128 Å². The Morgan fingerprint density at radius 3 is 2.54 bits per heavy atom. The number of carbonyl (C=O) groups is 2. The van der Waals surface area contributed by atoms with Crippen molar-refractivity contribution in [3.8, 4) is 0 Å². The predicted octanol–water partition coefficient (Wildman–Crippen LogP) is 3.23. The van der Waals surface area contributed by atoms with E-state index in [9.17, 15) is 14.7 Å². The van der Waals surface area contributed by atoms with E-state index in [2.05, 4.69) is 34.7 Å². The Balaban J connectivity index is 1.38. The van der Waals surface area contributed by atoms with E-state index in [0.29, 0.717) is 58.5 Å². The Labute approximate surface area is 296 Å². The first-order valence-electron chi connectivity index (χ1n) is 19.2. The molecule has 14 atom stereocenters. The highest BCUT2D eigenvalue weighted by atomic mass is 19.1. The quantitative estimate of drug-likeness (QED) is 0.348. The molecule has 0 spiro atoms. The Kier molecular flexibility index (Phi) is 11.6. The molecule has 3 amide bonds. The molecular weight excluding hydrogens is 650 g/mol. The molecule has 0 aromatic heterocycles. The number of urea groups is 1. The monoisotopic (exact) mass is 712 g/mol. The summed E-state index contributed by atoms with van der Waals surface area (Å²) >= 11 is 0. The summed E-state index contributed by atoms with van der Waals surface area (Å²) in [6.45, 7) is 16.0. The summed E-state index contributed by atoms with van der Waals surface area (Å²) in [7, 11) is 0. The number of piperazine rings is 1. The van der Waals surface area contributed by atoms with Crippen molar-refractivity contribution in [2.24, 2.45) is 23.7 Å². The Morgan fingerprint density at radius 2 is 1.86 bits per heavy atom. The summed E-state index contributed by atoms with van der Waals surface area (Å²) in [5, 5.41) is 22.3. The molecule has 0 aromatic rings. The van der Waals surface area contributed by atoms with Gasteiger partial charge in [-0.15, -0.1) is 0 Å². The molecular formula is C36H62F2N6O6. The van der Waals surface area contributed by atoms with Gasteiger partial charge in [0.15, 0.2) is 0 Å². The van der Waals surface area contributed by atoms with Crippen LogP contribution in [0.4, 0.5) is 18.4 Å². The maximum Gasteiger partial charge on any atom is 0.410 e. The van der Waals surface area contributed by atoms with Crippen molar-refractivity contribution in [2.45, 2.75) is 153 Å². The molecule has 12 nitrogen and oxygen atoms in total. The second-order valence-electron chi connectivity index (χ2n) is 16.9. The lowest BCUT2D eigenvalue weighted by atomic mass is 9.71. The van der Waals surface area contributed by atoms with Gasteiger partial charge in [0.25, 0.3) is 0 Å². The molecule has 50 heavy (non-hydrogen) atoms. The summed E-state index contributed by atoms with van der Waals surface area (Å²) in [5.74, 6) is -1.26. The molecule has 5 heterocycles. The standard InChI is InChI=1S/C36H62F2N6O6/c1-8-48-31-21-12-13-39-28(19(2)3)30(21)44-33-22(16-24(38)29(40-33)27-23(37)10-9-11-26(27)49-18-25(31)45)32(41-34(44)46)43-15-14-42(17-20(43)4)35(47)50-36(5,6)7/h19-33,39-40,45H,8-18H2,1-7H3,(H,41,46)/t20-,21?,22?,23?,24?,25?,26?,27?,28?,29?,30?,31?,32?,33?/m0/s1. The lowest BCUT2D eigenvalue weighted by Gasteiger charge is -2.61. The van der Waals surface area contributed by atoms with Crippen LogP contribution in [-0.4, -0.2) is 144 Å². The van der Waals surface area contributed by atoms with Gasteiger partial charge < -0.3 is 39.8 Å². The molecule has 13 unspecified atom stereocenters. The summed E-state index contributed by atoms with van der Waals surface area (Å²) in [6.07, 6.45) is -4.02. The lowest BCUT2D eigenvalue weighted by Crippen LogP contribution is -2.80. The average molecular weight is 713 g/mol. The SMILES string of the molecule is CCOC1C(O)COC2CCCC(F)C2C2NC3C(CC2F)C(N2CCN(C(=O)OC(C)(C)C)C[C@@H]2C)NC(=O)N3C2C1CCNC2C(C)C. The number of piperidine rings is 2. The van der Waals surface area contributed by atoms with Crippen LogP contribution in [0, 0.1) is 23.7 Å². The minimum Gasteiger partial charge on any atom is -0.444 e. The minimum absolute atomic E-state index is 0.0430. The number of hydrogen-bond acceptors (Lipinski definition) is 9. The van der Waals surface area contributed by atoms with E-state index in [1.807, 2.05) is 39.5 Å². The maximum atomic E-state index is 16.8. The third-order valence-corrected chi connectivity index (χ3v) is 12.1. The second-order valence-corrected chi connectivity index (χ2v) is 16.9. The first-order chi connectivity index (χ1) is 23.7. The minimum atomic E-state index is -1.38. The van der Waals surface area contributed by atoms with Gasteiger partial charge in [0, 0.05) is 62.1 Å². The zero-order chi connectivity index (χ0) is 36.1. The van der Waals surface area contributed by atoms with Gasteiger partial charge in [-0.2, -0.15) is 0 Å². The number of carbonyl (C=O) groups excluding carboxylic acids is 2. The fourth-order valence-electron chi connectivity index (χ4n) is 10.0. The maximum absolute atomic E-state index is 16.8. The van der Waals surface area contributed by atoms with Crippen molar-refractivity contribution >= 4 is 12.1 Å². The van der Waals surface area contributed by atoms with Gasteiger partial charge in [0.2, 0.25) is 0 Å². The zero-order valence-corrected chi connectivity index (χ0v) is 31.0. The van der Waals surface area contributed by atoms with Crippen molar-refractivity contribution in [2.75, 3.05) is 39.4 Å². The molecule has 0 radical (unpaired) electrons. The fraction of sp³-hybridized carbons (Fsp3) is 0.944. The van der Waals surface area contributed by atoms with Crippen molar-refractivity contribution in [3.05, 3.63) is 0 Å². The van der Waals surface area contributed by atoms with Crippen LogP contribution in [-0.2, 0) is 14.2 Å². The highest BCUT2D eigenvalue weighted by Gasteiger charge is 2.59. The van der Waals surface area contributed by atoms with Crippen LogP contribution in [0.25, 0.3) is 0 Å². The Hall–Kier alpha value is -1.84. The summed E-state index contributed by atoms with van der Waals surface area (Å²) in [4.78, 5) is 33.5. The van der Waals surface area contributed by atoms with Crippen LogP contribution in [0.1, 0.15) is 80.6 Å². The third-order valence-electron chi connectivity index (χ3n) is 12.1. The third kappa shape index (κ3) is 7.48. The summed E-state index contributed by atoms with van der Waals surface area (Å²) in [6, 6.07) is -1.82. The number of ether oxygens (including phenoxy) is 3. The summed E-state index contributed by atoms with van der Waals surface area (Å²) < 4.78 is 51.1. The molecule has 5 aliphatic heterocycles. The molecule has 5 saturated heterocycles. The number of halogens is 2. The normalized spacial score (nSPS) is 43.2. The molecule has 6 rings (SSSR count). The lowest BCUT2D eigenvalue weighted by molar-refractivity contribution is -0.165. The van der Waals surface area contributed by atoms with Crippen LogP contribution in [0.15, 0.2) is 0 Å². The van der Waals surface area contributed by atoms with Gasteiger partial charge >= 0.3 is 12.1 Å². The van der Waals surface area contributed by atoms with Gasteiger partial charge in [-0.3, -0.25) is 10.2 Å². The van der Waals surface area contributed by atoms with Gasteiger partial charge in [-0.1, -0.05) is 13.8 Å². The smallest absolute Gasteiger partial charge is 0.410 e. The van der Waals surface area contributed by atoms with Gasteiger partial charge in [0.1, 0.15) is 24.0 Å². The predicted molar refractivity (Wildman–Crippen MR) is 184 cm³/mol. The first-order valence-corrected chi connectivity index (χ1v) is 19.2. The molecule has 1 aliphatic carbocycles. The van der Waals surface area contributed by atoms with E-state index in [4.69, 9.17) is 14.2 Å². The number of rotatable bonds is 4. The largest absolute Gasteiger partial charge is 0.444 e. The molecule has 0 aromatic carbocycles. The van der Waals surface area contributed by atoms with Crippen molar-refractivity contribution in [1.82, 2.24) is 30.7 Å². The van der Waals surface area contributed by atoms with E-state index >= 15 is 8.78 Å². The van der Waals surface area contributed by atoms with Crippen molar-refractivity contribution < 1.29 is 37.7 Å². The zero-order valence-electron chi connectivity index (χ0n) is 31.0. The Morgan fingerprint density at radius 1 is 1.10 bits per heavy atom. The van der Waals surface area contributed by atoms with Gasteiger partial charge in [-0.05, 0) is 79.2 Å². The molecule has 1 saturated carbocycles. The van der Waals surface area contributed by atoms with Gasteiger partial charge in [-0.25, -0.2) is 18.4 Å². The number of nitrogens with zero attached hydrogens (tertiary/aromatic N) is 3. The van der Waals surface area contributed by atoms with E-state index in [1.54, 1.807) is 4.90 Å². The number of hydrogen-bond donors (Lipinski definition) is 4. The number of amides is 3. The van der Waals surface area contributed by atoms with E-state index in [1.165, 1.54) is 0 Å². The van der Waals surface area contributed by atoms with Crippen LogP contribution in [0.2, 0.25) is 0 Å². The van der Waals surface area contributed by atoms with Crippen LogP contribution < -0.4 is 16.0 Å². The van der Waals surface area contributed by atoms with E-state index in [0.717, 1.165) is 0 Å². The molecule has 6 fully saturated rings. The van der Waals surface area contributed by atoms with Gasteiger partial charge in [0.05, 0.1) is 37.2 Å². The van der Waals surface area contributed by atoms with Crippen molar-refractivity contribution in [3.63, 3.8) is 0 Å². The number of aliphatic hydroxyl groups excluding tert-OH is 1. The fourth-order valence-corrected chi connectivity index (χ4v) is 10.0. The van der Waals surface area contributed by atoms with Crippen LogP contribution in [0.3, 0.4) is 0 Å². The molecule has 6 aliphatic rings. The number of alkyl halides is 2. The first kappa shape index (κ1) is 37.9. The molecule has 14 heteroatoms. The number of nitrogens with one attached hydrogen (secondary N) is 3. The molecule has 2 bridgehead atoms.